The molecule has 0 aromatic heterocycles. The average Bonchev–Trinajstić information content (AvgIpc) is 2.51. The van der Waals surface area contributed by atoms with Gasteiger partial charge in [0.15, 0.2) is 0 Å². The van der Waals surface area contributed by atoms with Crippen LogP contribution < -0.4 is 10.6 Å². The molecule has 0 saturated carbocycles. The summed E-state index contributed by atoms with van der Waals surface area (Å²) in [7, 11) is 0. The second-order valence-corrected chi connectivity index (χ2v) is 4.82. The molecular formula is C16H15ClN2O2. The predicted octanol–water partition coefficient (Wildman–Crippen LogP) is 3.94. The van der Waals surface area contributed by atoms with Gasteiger partial charge in [-0.1, -0.05) is 36.7 Å². The fraction of sp³-hybridized carbons (Fsp3) is 0.125. The standard InChI is InChI=1S/C16H15ClN2O2/c1-2-15(20)18-12-8-9-13(17)14(10-12)19-16(21)11-6-4-3-5-7-11/h3-10H,2H2,1H3,(H,18,20)(H,19,21). The van der Waals surface area contributed by atoms with Crippen molar-refractivity contribution in [2.45, 2.75) is 13.3 Å². The molecule has 4 nitrogen and oxygen atoms in total. The quantitative estimate of drug-likeness (QED) is 0.898. The number of carbonyl (C=O) groups excluding carboxylic acids is 2. The lowest BCUT2D eigenvalue weighted by Gasteiger charge is -2.10. The first-order chi connectivity index (χ1) is 10.1. The normalized spacial score (nSPS) is 10.0. The number of amides is 2. The van der Waals surface area contributed by atoms with Crippen molar-refractivity contribution in [1.29, 1.82) is 0 Å². The third-order valence-electron chi connectivity index (χ3n) is 2.86. The fourth-order valence-corrected chi connectivity index (χ4v) is 1.90. The molecule has 0 atom stereocenters. The first-order valence-corrected chi connectivity index (χ1v) is 6.93. The number of halogens is 1. The lowest BCUT2D eigenvalue weighted by Crippen LogP contribution is -2.13. The van der Waals surface area contributed by atoms with Gasteiger partial charge in [0.25, 0.3) is 5.91 Å². The number of rotatable bonds is 4. The van der Waals surface area contributed by atoms with Crippen LogP contribution in [-0.2, 0) is 4.79 Å². The molecule has 0 saturated heterocycles. The zero-order valence-electron chi connectivity index (χ0n) is 11.5. The van der Waals surface area contributed by atoms with Gasteiger partial charge in [-0.05, 0) is 30.3 Å². The summed E-state index contributed by atoms with van der Waals surface area (Å²) in [5, 5.41) is 5.87. The molecule has 2 N–H and O–H groups in total. The molecule has 0 fully saturated rings. The van der Waals surface area contributed by atoms with E-state index in [1.807, 2.05) is 6.07 Å². The molecule has 2 rings (SSSR count). The Hall–Kier alpha value is -2.33. The van der Waals surface area contributed by atoms with Gasteiger partial charge in [-0.25, -0.2) is 0 Å². The number of anilines is 2. The summed E-state index contributed by atoms with van der Waals surface area (Å²) in [6.45, 7) is 1.77. The van der Waals surface area contributed by atoms with Crippen LogP contribution in [0.5, 0.6) is 0 Å². The van der Waals surface area contributed by atoms with Crippen LogP contribution in [0.1, 0.15) is 23.7 Å². The Bertz CT molecular complexity index is 657. The maximum atomic E-state index is 12.1. The van der Waals surface area contributed by atoms with Gasteiger partial charge in [0.1, 0.15) is 0 Å². The minimum Gasteiger partial charge on any atom is -0.326 e. The van der Waals surface area contributed by atoms with Gasteiger partial charge in [-0.2, -0.15) is 0 Å². The van der Waals surface area contributed by atoms with Crippen LogP contribution in [0.15, 0.2) is 48.5 Å². The van der Waals surface area contributed by atoms with Crippen LogP contribution in [-0.4, -0.2) is 11.8 Å². The monoisotopic (exact) mass is 302 g/mol. The van der Waals surface area contributed by atoms with E-state index in [2.05, 4.69) is 10.6 Å². The molecule has 0 heterocycles. The van der Waals surface area contributed by atoms with Gasteiger partial charge >= 0.3 is 0 Å². The zero-order chi connectivity index (χ0) is 15.2. The van der Waals surface area contributed by atoms with Crippen LogP contribution >= 0.6 is 11.6 Å². The van der Waals surface area contributed by atoms with Crippen molar-refractivity contribution in [3.63, 3.8) is 0 Å². The predicted molar refractivity (Wildman–Crippen MR) is 84.8 cm³/mol. The van der Waals surface area contributed by atoms with E-state index < -0.39 is 0 Å². The van der Waals surface area contributed by atoms with E-state index >= 15 is 0 Å². The van der Waals surface area contributed by atoms with Crippen molar-refractivity contribution in [1.82, 2.24) is 0 Å². The first kappa shape index (κ1) is 15.1. The van der Waals surface area contributed by atoms with E-state index in [0.717, 1.165) is 0 Å². The van der Waals surface area contributed by atoms with Crippen LogP contribution in [0.3, 0.4) is 0 Å². The Kier molecular flexibility index (Phi) is 4.95. The van der Waals surface area contributed by atoms with Crippen molar-refractivity contribution in [2.24, 2.45) is 0 Å². The highest BCUT2D eigenvalue weighted by atomic mass is 35.5. The lowest BCUT2D eigenvalue weighted by atomic mass is 10.2. The maximum absolute atomic E-state index is 12.1. The highest BCUT2D eigenvalue weighted by Gasteiger charge is 2.09. The highest BCUT2D eigenvalue weighted by molar-refractivity contribution is 6.34. The largest absolute Gasteiger partial charge is 0.326 e. The number of nitrogens with one attached hydrogen (secondary N) is 2. The van der Waals surface area contributed by atoms with Gasteiger partial charge in [-0.15, -0.1) is 0 Å². The van der Waals surface area contributed by atoms with Crippen molar-refractivity contribution < 1.29 is 9.59 Å². The Morgan fingerprint density at radius 3 is 2.43 bits per heavy atom. The summed E-state index contributed by atoms with van der Waals surface area (Å²) < 4.78 is 0. The Morgan fingerprint density at radius 2 is 1.76 bits per heavy atom. The van der Waals surface area contributed by atoms with Crippen molar-refractivity contribution in [3.05, 3.63) is 59.1 Å². The average molecular weight is 303 g/mol. The summed E-state index contributed by atoms with van der Waals surface area (Å²) in [6, 6.07) is 13.8. The van der Waals surface area contributed by atoms with Crippen LogP contribution in [0, 0.1) is 0 Å². The molecule has 0 spiro atoms. The molecule has 0 bridgehead atoms. The Balaban J connectivity index is 2.17. The first-order valence-electron chi connectivity index (χ1n) is 6.56. The second kappa shape index (κ2) is 6.90. The third-order valence-corrected chi connectivity index (χ3v) is 3.18. The topological polar surface area (TPSA) is 58.2 Å². The number of hydrogen-bond acceptors (Lipinski definition) is 2. The molecular weight excluding hydrogens is 288 g/mol. The minimum atomic E-state index is -0.253. The summed E-state index contributed by atoms with van der Waals surface area (Å²) in [4.78, 5) is 23.5. The van der Waals surface area contributed by atoms with Crippen molar-refractivity contribution >= 4 is 34.8 Å². The highest BCUT2D eigenvalue weighted by Crippen LogP contribution is 2.26. The molecule has 2 amide bonds. The minimum absolute atomic E-state index is 0.0994. The molecule has 108 valence electrons. The second-order valence-electron chi connectivity index (χ2n) is 4.42. The number of hydrogen-bond donors (Lipinski definition) is 2. The van der Waals surface area contributed by atoms with Gasteiger partial charge < -0.3 is 10.6 Å². The number of carbonyl (C=O) groups is 2. The summed E-state index contributed by atoms with van der Waals surface area (Å²) in [5.74, 6) is -0.353. The van der Waals surface area contributed by atoms with E-state index in [-0.39, 0.29) is 11.8 Å². The zero-order valence-corrected chi connectivity index (χ0v) is 12.3. The van der Waals surface area contributed by atoms with Gasteiger partial charge in [0.05, 0.1) is 10.7 Å². The van der Waals surface area contributed by atoms with E-state index in [1.54, 1.807) is 49.4 Å². The molecule has 0 unspecified atom stereocenters. The van der Waals surface area contributed by atoms with Gasteiger partial charge in [0, 0.05) is 17.7 Å². The van der Waals surface area contributed by atoms with Crippen molar-refractivity contribution in [3.8, 4) is 0 Å². The third kappa shape index (κ3) is 4.07. The molecule has 0 radical (unpaired) electrons. The molecule has 0 aliphatic rings. The molecule has 0 aliphatic heterocycles. The molecule has 0 aliphatic carbocycles. The van der Waals surface area contributed by atoms with Gasteiger partial charge in [0.2, 0.25) is 5.91 Å². The van der Waals surface area contributed by atoms with Gasteiger partial charge in [-0.3, -0.25) is 9.59 Å². The number of benzene rings is 2. The van der Waals surface area contributed by atoms with E-state index in [0.29, 0.717) is 28.4 Å². The fourth-order valence-electron chi connectivity index (χ4n) is 1.73. The van der Waals surface area contributed by atoms with Crippen LogP contribution in [0.25, 0.3) is 0 Å². The molecule has 21 heavy (non-hydrogen) atoms. The molecule has 2 aromatic carbocycles. The Labute approximate surface area is 128 Å². The van der Waals surface area contributed by atoms with Crippen molar-refractivity contribution in [2.75, 3.05) is 10.6 Å². The summed E-state index contributed by atoms with van der Waals surface area (Å²) in [6.07, 6.45) is 0.383. The Morgan fingerprint density at radius 1 is 1.05 bits per heavy atom. The summed E-state index contributed by atoms with van der Waals surface area (Å²) in [5.41, 5.74) is 1.59. The maximum Gasteiger partial charge on any atom is 0.255 e. The van der Waals surface area contributed by atoms with Crippen LogP contribution in [0.4, 0.5) is 11.4 Å². The summed E-state index contributed by atoms with van der Waals surface area (Å²) >= 11 is 6.07. The molecule has 2 aromatic rings. The SMILES string of the molecule is CCC(=O)Nc1ccc(Cl)c(NC(=O)c2ccccc2)c1. The van der Waals surface area contributed by atoms with E-state index in [1.165, 1.54) is 0 Å². The smallest absolute Gasteiger partial charge is 0.255 e. The molecule has 5 heteroatoms. The van der Waals surface area contributed by atoms with E-state index in [9.17, 15) is 9.59 Å². The lowest BCUT2D eigenvalue weighted by molar-refractivity contribution is -0.115. The van der Waals surface area contributed by atoms with E-state index in [4.69, 9.17) is 11.6 Å². The van der Waals surface area contributed by atoms with Crippen LogP contribution in [0.2, 0.25) is 5.02 Å².